The number of imidazole rings is 1. The monoisotopic (exact) mass is 287 g/mol. The second-order valence-electron chi connectivity index (χ2n) is 6.08. The normalized spacial score (nSPS) is 14.3. The molecular weight excluding hydrogens is 262 g/mol. The van der Waals surface area contributed by atoms with Gasteiger partial charge < -0.3 is 15.0 Å². The highest BCUT2D eigenvalue weighted by atomic mass is 16.3. The first-order chi connectivity index (χ1) is 10.0. The van der Waals surface area contributed by atoms with Crippen LogP contribution in [-0.4, -0.2) is 32.8 Å². The highest BCUT2D eigenvalue weighted by Gasteiger charge is 2.24. The van der Waals surface area contributed by atoms with E-state index in [1.807, 2.05) is 30.6 Å². The Morgan fingerprint density at radius 2 is 2.00 bits per heavy atom. The van der Waals surface area contributed by atoms with Gasteiger partial charge in [0.05, 0.1) is 6.61 Å². The third-order valence-corrected chi connectivity index (χ3v) is 3.64. The number of nitrogens with zero attached hydrogens (tertiary/aromatic N) is 2. The van der Waals surface area contributed by atoms with Crippen molar-refractivity contribution in [2.45, 2.75) is 45.3 Å². The third-order valence-electron chi connectivity index (χ3n) is 3.64. The Morgan fingerprint density at radius 1 is 1.29 bits per heavy atom. The van der Waals surface area contributed by atoms with Gasteiger partial charge in [-0.25, -0.2) is 4.98 Å². The van der Waals surface area contributed by atoms with Crippen LogP contribution >= 0.6 is 0 Å². The molecule has 1 aromatic heterocycles. The van der Waals surface area contributed by atoms with Gasteiger partial charge in [0.2, 0.25) is 0 Å². The topological polar surface area (TPSA) is 50.1 Å². The summed E-state index contributed by atoms with van der Waals surface area (Å²) in [5, 5.41) is 13.1. The minimum absolute atomic E-state index is 0.126. The standard InChI is InChI=1S/C17H25N3O/c1-14(2)19-17(3,13-21)9-11-20-12-10-18-16(20)15-7-5-4-6-8-15/h4-8,10,12,14,19,21H,9,11,13H2,1-3H3. The SMILES string of the molecule is CC(C)NC(C)(CO)CCn1ccnc1-c1ccccc1. The lowest BCUT2D eigenvalue weighted by Crippen LogP contribution is -2.49. The number of aryl methyl sites for hydroxylation is 1. The van der Waals surface area contributed by atoms with Crippen molar-refractivity contribution in [3.63, 3.8) is 0 Å². The molecule has 0 fully saturated rings. The fourth-order valence-electron chi connectivity index (χ4n) is 2.60. The van der Waals surface area contributed by atoms with Crippen LogP contribution in [-0.2, 0) is 6.54 Å². The summed E-state index contributed by atoms with van der Waals surface area (Å²) in [7, 11) is 0. The fraction of sp³-hybridized carbons (Fsp3) is 0.471. The Bertz CT molecular complexity index is 550. The van der Waals surface area contributed by atoms with Crippen LogP contribution in [0.5, 0.6) is 0 Å². The number of aromatic nitrogens is 2. The maximum Gasteiger partial charge on any atom is 0.139 e. The summed E-state index contributed by atoms with van der Waals surface area (Å²) in [6.07, 6.45) is 4.67. The Labute approximate surface area is 126 Å². The molecule has 0 radical (unpaired) electrons. The molecule has 2 rings (SSSR count). The van der Waals surface area contributed by atoms with E-state index >= 15 is 0 Å². The summed E-state index contributed by atoms with van der Waals surface area (Å²) in [6, 6.07) is 10.5. The van der Waals surface area contributed by atoms with Gasteiger partial charge in [-0.1, -0.05) is 44.2 Å². The molecule has 1 unspecified atom stereocenters. The Balaban J connectivity index is 2.09. The molecule has 0 amide bonds. The molecule has 0 bridgehead atoms. The van der Waals surface area contributed by atoms with E-state index < -0.39 is 0 Å². The lowest BCUT2D eigenvalue weighted by molar-refractivity contribution is 0.152. The average molecular weight is 287 g/mol. The summed E-state index contributed by atoms with van der Waals surface area (Å²) < 4.78 is 2.14. The number of aliphatic hydroxyl groups excluding tert-OH is 1. The van der Waals surface area contributed by atoms with Crippen molar-refractivity contribution in [2.24, 2.45) is 0 Å². The highest BCUT2D eigenvalue weighted by molar-refractivity contribution is 5.55. The van der Waals surface area contributed by atoms with E-state index in [4.69, 9.17) is 0 Å². The lowest BCUT2D eigenvalue weighted by atomic mass is 9.97. The summed E-state index contributed by atoms with van der Waals surface area (Å²) in [5.41, 5.74) is 0.844. The van der Waals surface area contributed by atoms with E-state index in [1.165, 1.54) is 0 Å². The first-order valence-electron chi connectivity index (χ1n) is 7.49. The molecule has 2 N–H and O–H groups in total. The predicted molar refractivity (Wildman–Crippen MR) is 86.0 cm³/mol. The van der Waals surface area contributed by atoms with Crippen LogP contribution in [0.2, 0.25) is 0 Å². The number of aliphatic hydroxyl groups is 1. The summed E-state index contributed by atoms with van der Waals surface area (Å²) in [6.45, 7) is 7.20. The predicted octanol–water partition coefficient (Wildman–Crippen LogP) is 2.69. The number of nitrogens with one attached hydrogen (secondary N) is 1. The Morgan fingerprint density at radius 3 is 2.62 bits per heavy atom. The van der Waals surface area contributed by atoms with Crippen LogP contribution in [0.1, 0.15) is 27.2 Å². The average Bonchev–Trinajstić information content (AvgIpc) is 2.94. The van der Waals surface area contributed by atoms with Crippen LogP contribution in [0.3, 0.4) is 0 Å². The van der Waals surface area contributed by atoms with Gasteiger partial charge in [0.15, 0.2) is 0 Å². The van der Waals surface area contributed by atoms with E-state index in [0.717, 1.165) is 24.4 Å². The van der Waals surface area contributed by atoms with Gasteiger partial charge in [-0.15, -0.1) is 0 Å². The summed E-state index contributed by atoms with van der Waals surface area (Å²) in [5.74, 6) is 0.973. The van der Waals surface area contributed by atoms with Gasteiger partial charge in [-0.05, 0) is 13.3 Å². The molecule has 0 aliphatic rings. The molecule has 1 aromatic carbocycles. The molecule has 1 heterocycles. The minimum Gasteiger partial charge on any atom is -0.394 e. The van der Waals surface area contributed by atoms with Crippen LogP contribution in [0, 0.1) is 0 Å². The van der Waals surface area contributed by atoms with Gasteiger partial charge in [-0.2, -0.15) is 0 Å². The number of benzene rings is 1. The zero-order valence-corrected chi connectivity index (χ0v) is 13.1. The molecule has 114 valence electrons. The van der Waals surface area contributed by atoms with Crippen LogP contribution < -0.4 is 5.32 Å². The van der Waals surface area contributed by atoms with Gasteiger partial charge in [-0.3, -0.25) is 0 Å². The number of hydrogen-bond donors (Lipinski definition) is 2. The van der Waals surface area contributed by atoms with E-state index in [9.17, 15) is 5.11 Å². The molecule has 0 saturated carbocycles. The van der Waals surface area contributed by atoms with Crippen molar-refractivity contribution in [1.82, 2.24) is 14.9 Å². The maximum atomic E-state index is 9.66. The smallest absolute Gasteiger partial charge is 0.139 e. The van der Waals surface area contributed by atoms with Crippen LogP contribution in [0.4, 0.5) is 0 Å². The largest absolute Gasteiger partial charge is 0.394 e. The maximum absolute atomic E-state index is 9.66. The Hall–Kier alpha value is -1.65. The Kier molecular flexibility index (Phi) is 5.15. The molecule has 4 heteroatoms. The van der Waals surface area contributed by atoms with Crippen LogP contribution in [0.15, 0.2) is 42.7 Å². The van der Waals surface area contributed by atoms with Crippen molar-refractivity contribution >= 4 is 0 Å². The van der Waals surface area contributed by atoms with Crippen molar-refractivity contribution in [3.05, 3.63) is 42.7 Å². The zero-order valence-electron chi connectivity index (χ0n) is 13.1. The highest BCUT2D eigenvalue weighted by Crippen LogP contribution is 2.19. The molecule has 0 aliphatic heterocycles. The first kappa shape index (κ1) is 15.7. The van der Waals surface area contributed by atoms with Crippen molar-refractivity contribution < 1.29 is 5.11 Å². The second kappa shape index (κ2) is 6.87. The molecule has 0 aliphatic carbocycles. The molecule has 1 atom stereocenters. The van der Waals surface area contributed by atoms with Gasteiger partial charge in [0.1, 0.15) is 5.82 Å². The van der Waals surface area contributed by atoms with E-state index in [2.05, 4.69) is 47.8 Å². The van der Waals surface area contributed by atoms with E-state index in [-0.39, 0.29) is 12.1 Å². The number of rotatable bonds is 7. The number of hydrogen-bond acceptors (Lipinski definition) is 3. The fourth-order valence-corrected chi connectivity index (χ4v) is 2.60. The van der Waals surface area contributed by atoms with Crippen molar-refractivity contribution in [2.75, 3.05) is 6.61 Å². The minimum atomic E-state index is -0.271. The second-order valence-corrected chi connectivity index (χ2v) is 6.08. The molecular formula is C17H25N3O. The quantitative estimate of drug-likeness (QED) is 0.823. The van der Waals surface area contributed by atoms with Gasteiger partial charge >= 0.3 is 0 Å². The van der Waals surface area contributed by atoms with E-state index in [1.54, 1.807) is 0 Å². The van der Waals surface area contributed by atoms with Gasteiger partial charge in [0, 0.05) is 36.1 Å². The molecule has 4 nitrogen and oxygen atoms in total. The molecule has 21 heavy (non-hydrogen) atoms. The van der Waals surface area contributed by atoms with Crippen LogP contribution in [0.25, 0.3) is 11.4 Å². The molecule has 0 spiro atoms. The van der Waals surface area contributed by atoms with Gasteiger partial charge in [0.25, 0.3) is 0 Å². The van der Waals surface area contributed by atoms with E-state index in [0.29, 0.717) is 6.04 Å². The summed E-state index contributed by atoms with van der Waals surface area (Å²) >= 11 is 0. The molecule has 0 saturated heterocycles. The first-order valence-corrected chi connectivity index (χ1v) is 7.49. The lowest BCUT2D eigenvalue weighted by Gasteiger charge is -2.31. The van der Waals surface area contributed by atoms with Crippen molar-refractivity contribution in [3.8, 4) is 11.4 Å². The third kappa shape index (κ3) is 4.16. The van der Waals surface area contributed by atoms with Crippen molar-refractivity contribution in [1.29, 1.82) is 0 Å². The zero-order chi connectivity index (χ0) is 15.3. The summed E-state index contributed by atoms with van der Waals surface area (Å²) in [4.78, 5) is 4.45. The molecule has 2 aromatic rings.